The van der Waals surface area contributed by atoms with Crippen LogP contribution >= 0.6 is 0 Å². The van der Waals surface area contributed by atoms with Crippen LogP contribution in [0, 0.1) is 0 Å². The summed E-state index contributed by atoms with van der Waals surface area (Å²) < 4.78 is 1.61. The number of amides is 1. The summed E-state index contributed by atoms with van der Waals surface area (Å²) in [5, 5.41) is 11.2. The summed E-state index contributed by atoms with van der Waals surface area (Å²) in [6.45, 7) is 0.382. The number of carboxylic acids is 1. The number of aryl methyl sites for hydroxylation is 1. The van der Waals surface area contributed by atoms with Crippen LogP contribution in [0.5, 0.6) is 0 Å². The minimum Gasteiger partial charge on any atom is -0.480 e. The van der Waals surface area contributed by atoms with E-state index in [9.17, 15) is 9.59 Å². The molecule has 1 atom stereocenters. The molecular weight excluding hydrogens is 224 g/mol. The Morgan fingerprint density at radius 1 is 1.65 bits per heavy atom. The van der Waals surface area contributed by atoms with Crippen molar-refractivity contribution in [2.24, 2.45) is 12.8 Å². The number of aliphatic carboxylic acids is 1. The van der Waals surface area contributed by atoms with Gasteiger partial charge in [0.15, 0.2) is 5.82 Å². The van der Waals surface area contributed by atoms with Crippen molar-refractivity contribution < 1.29 is 14.7 Å². The highest BCUT2D eigenvalue weighted by Gasteiger charge is 2.12. The summed E-state index contributed by atoms with van der Waals surface area (Å²) in [7, 11) is 1.72. The lowest BCUT2D eigenvalue weighted by Gasteiger charge is -2.07. The Kier molecular flexibility index (Phi) is 4.65. The zero-order chi connectivity index (χ0) is 12.8. The summed E-state index contributed by atoms with van der Waals surface area (Å²) >= 11 is 0. The first-order chi connectivity index (χ1) is 8.02. The molecule has 0 saturated carbocycles. The largest absolute Gasteiger partial charge is 0.480 e. The lowest BCUT2D eigenvalue weighted by atomic mass is 10.2. The fraction of sp³-hybridized carbons (Fsp3) is 0.500. The van der Waals surface area contributed by atoms with E-state index in [0.29, 0.717) is 25.2 Å². The fourth-order valence-corrected chi connectivity index (χ4v) is 1.31. The van der Waals surface area contributed by atoms with Gasteiger partial charge in [0, 0.05) is 26.0 Å². The van der Waals surface area contributed by atoms with Gasteiger partial charge >= 0.3 is 5.97 Å². The Morgan fingerprint density at radius 2 is 2.35 bits per heavy atom. The fourth-order valence-electron chi connectivity index (χ4n) is 1.31. The molecule has 4 N–H and O–H groups in total. The number of hydrogen-bond donors (Lipinski definition) is 3. The molecule has 94 valence electrons. The van der Waals surface area contributed by atoms with E-state index in [1.807, 2.05) is 0 Å². The van der Waals surface area contributed by atoms with Gasteiger partial charge in [-0.25, -0.2) is 4.98 Å². The smallest absolute Gasteiger partial charge is 0.320 e. The third-order valence-corrected chi connectivity index (χ3v) is 2.32. The predicted octanol–water partition coefficient (Wildman–Crippen LogP) is -0.658. The molecule has 0 radical (unpaired) electrons. The number of carbonyl (C=O) groups excluding carboxylic acids is 1. The van der Waals surface area contributed by atoms with Gasteiger partial charge in [0.25, 0.3) is 5.91 Å². The summed E-state index contributed by atoms with van der Waals surface area (Å²) in [6, 6.07) is -0.875. The number of carboxylic acid groups (broad SMARTS) is 1. The van der Waals surface area contributed by atoms with Crippen LogP contribution in [0.4, 0.5) is 0 Å². The van der Waals surface area contributed by atoms with Gasteiger partial charge in [0.2, 0.25) is 0 Å². The van der Waals surface area contributed by atoms with Gasteiger partial charge in [-0.05, 0) is 12.8 Å². The highest BCUT2D eigenvalue weighted by molar-refractivity contribution is 5.90. The Hall–Kier alpha value is -1.89. The van der Waals surface area contributed by atoms with Crippen molar-refractivity contribution in [3.05, 3.63) is 18.2 Å². The maximum atomic E-state index is 11.6. The highest BCUT2D eigenvalue weighted by Crippen LogP contribution is 1.96. The molecule has 17 heavy (non-hydrogen) atoms. The van der Waals surface area contributed by atoms with E-state index in [1.54, 1.807) is 17.8 Å². The van der Waals surface area contributed by atoms with Crippen molar-refractivity contribution in [1.29, 1.82) is 0 Å². The third-order valence-electron chi connectivity index (χ3n) is 2.32. The van der Waals surface area contributed by atoms with Crippen LogP contribution in [-0.4, -0.2) is 39.1 Å². The van der Waals surface area contributed by atoms with Crippen molar-refractivity contribution in [1.82, 2.24) is 14.9 Å². The number of nitrogens with zero attached hydrogens (tertiary/aromatic N) is 2. The second-order valence-electron chi connectivity index (χ2n) is 3.70. The van der Waals surface area contributed by atoms with Gasteiger partial charge in [0.05, 0.1) is 0 Å². The Bertz CT molecular complexity index is 402. The summed E-state index contributed by atoms with van der Waals surface area (Å²) in [6.07, 6.45) is 4.06. The van der Waals surface area contributed by atoms with Crippen molar-refractivity contribution in [2.45, 2.75) is 18.9 Å². The number of imidazole rings is 1. The summed E-state index contributed by atoms with van der Waals surface area (Å²) in [5.41, 5.74) is 5.32. The quantitative estimate of drug-likeness (QED) is 0.572. The topological polar surface area (TPSA) is 110 Å². The molecule has 1 rings (SSSR count). The molecule has 0 saturated heterocycles. The third kappa shape index (κ3) is 3.87. The Balaban J connectivity index is 2.26. The number of rotatable bonds is 6. The van der Waals surface area contributed by atoms with E-state index < -0.39 is 12.0 Å². The molecule has 0 bridgehead atoms. The maximum Gasteiger partial charge on any atom is 0.320 e. The molecule has 0 aliphatic heterocycles. The van der Waals surface area contributed by atoms with Crippen molar-refractivity contribution in [3.8, 4) is 0 Å². The monoisotopic (exact) mass is 240 g/mol. The van der Waals surface area contributed by atoms with Gasteiger partial charge in [-0.3, -0.25) is 9.59 Å². The van der Waals surface area contributed by atoms with Crippen LogP contribution in [0.25, 0.3) is 0 Å². The van der Waals surface area contributed by atoms with Crippen molar-refractivity contribution in [2.75, 3.05) is 6.54 Å². The van der Waals surface area contributed by atoms with E-state index >= 15 is 0 Å². The van der Waals surface area contributed by atoms with E-state index in [2.05, 4.69) is 10.3 Å². The normalized spacial score (nSPS) is 12.1. The SMILES string of the molecule is Cn1ccnc1C(=O)NCCC[C@H](N)C(=O)O. The lowest BCUT2D eigenvalue weighted by Crippen LogP contribution is -2.32. The van der Waals surface area contributed by atoms with Crippen molar-refractivity contribution >= 4 is 11.9 Å². The zero-order valence-electron chi connectivity index (χ0n) is 9.59. The number of hydrogen-bond acceptors (Lipinski definition) is 4. The van der Waals surface area contributed by atoms with E-state index in [1.165, 1.54) is 6.20 Å². The predicted molar refractivity (Wildman–Crippen MR) is 60.4 cm³/mol. The van der Waals surface area contributed by atoms with Crippen LogP contribution in [0.1, 0.15) is 23.5 Å². The van der Waals surface area contributed by atoms with Gasteiger partial charge in [-0.15, -0.1) is 0 Å². The molecule has 0 fully saturated rings. The number of nitrogens with one attached hydrogen (secondary N) is 1. The van der Waals surface area contributed by atoms with E-state index in [0.717, 1.165) is 0 Å². The average Bonchev–Trinajstić information content (AvgIpc) is 2.70. The standard InChI is InChI=1S/C10H16N4O3/c1-14-6-5-12-8(14)9(15)13-4-2-3-7(11)10(16)17/h5-7H,2-4,11H2,1H3,(H,13,15)(H,16,17)/t7-/m0/s1. The number of carbonyl (C=O) groups is 2. The number of nitrogens with two attached hydrogens (primary N) is 1. The first-order valence-electron chi connectivity index (χ1n) is 5.26. The molecule has 1 aromatic rings. The van der Waals surface area contributed by atoms with Gasteiger partial charge in [-0.1, -0.05) is 0 Å². The molecule has 1 amide bonds. The molecular formula is C10H16N4O3. The van der Waals surface area contributed by atoms with E-state index in [-0.39, 0.29) is 5.91 Å². The van der Waals surface area contributed by atoms with E-state index in [4.69, 9.17) is 10.8 Å². The second-order valence-corrected chi connectivity index (χ2v) is 3.70. The molecule has 0 unspecified atom stereocenters. The first kappa shape index (κ1) is 13.2. The molecule has 7 nitrogen and oxygen atoms in total. The maximum absolute atomic E-state index is 11.6. The Labute approximate surface area is 98.6 Å². The Morgan fingerprint density at radius 3 is 2.88 bits per heavy atom. The van der Waals surface area contributed by atoms with Crippen LogP contribution in [-0.2, 0) is 11.8 Å². The lowest BCUT2D eigenvalue weighted by molar-refractivity contribution is -0.138. The van der Waals surface area contributed by atoms with Crippen LogP contribution < -0.4 is 11.1 Å². The molecule has 1 aromatic heterocycles. The highest BCUT2D eigenvalue weighted by atomic mass is 16.4. The first-order valence-corrected chi connectivity index (χ1v) is 5.26. The summed E-state index contributed by atoms with van der Waals surface area (Å²) in [4.78, 5) is 25.9. The molecule has 1 heterocycles. The van der Waals surface area contributed by atoms with Crippen LogP contribution in [0.3, 0.4) is 0 Å². The van der Waals surface area contributed by atoms with Crippen molar-refractivity contribution in [3.63, 3.8) is 0 Å². The minimum absolute atomic E-state index is 0.276. The molecule has 0 aliphatic rings. The van der Waals surface area contributed by atoms with Crippen LogP contribution in [0.2, 0.25) is 0 Å². The molecule has 7 heteroatoms. The number of aromatic nitrogens is 2. The molecule has 0 spiro atoms. The van der Waals surface area contributed by atoms with Gasteiger partial charge in [0.1, 0.15) is 6.04 Å². The molecule has 0 aliphatic carbocycles. The summed E-state index contributed by atoms with van der Waals surface area (Å²) in [5.74, 6) is -0.977. The second kappa shape index (κ2) is 6.00. The molecule has 0 aromatic carbocycles. The van der Waals surface area contributed by atoms with Crippen LogP contribution in [0.15, 0.2) is 12.4 Å². The van der Waals surface area contributed by atoms with Gasteiger partial charge < -0.3 is 20.7 Å². The van der Waals surface area contributed by atoms with Gasteiger partial charge in [-0.2, -0.15) is 0 Å². The zero-order valence-corrected chi connectivity index (χ0v) is 9.59. The minimum atomic E-state index is -1.03. The average molecular weight is 240 g/mol.